The lowest BCUT2D eigenvalue weighted by atomic mass is 10.2. The van der Waals surface area contributed by atoms with Crippen molar-refractivity contribution in [1.29, 1.82) is 0 Å². The fourth-order valence-electron chi connectivity index (χ4n) is 3.42. The van der Waals surface area contributed by atoms with Gasteiger partial charge in [0.1, 0.15) is 5.82 Å². The van der Waals surface area contributed by atoms with Crippen molar-refractivity contribution in [1.82, 2.24) is 14.9 Å². The maximum atomic E-state index is 12.5. The number of halogens is 1. The van der Waals surface area contributed by atoms with E-state index in [0.29, 0.717) is 41.3 Å². The summed E-state index contributed by atoms with van der Waals surface area (Å²) in [7, 11) is 0. The van der Waals surface area contributed by atoms with Crippen LogP contribution >= 0.6 is 23.4 Å². The molecule has 150 valence electrons. The Kier molecular flexibility index (Phi) is 6.06. The first kappa shape index (κ1) is 19.8. The van der Waals surface area contributed by atoms with Gasteiger partial charge < -0.3 is 14.8 Å². The highest BCUT2D eigenvalue weighted by molar-refractivity contribution is 7.99. The number of hydrogen-bond donors (Lipinski definition) is 1. The second-order valence-corrected chi connectivity index (χ2v) is 8.29. The molecule has 1 aliphatic rings. The van der Waals surface area contributed by atoms with Crippen molar-refractivity contribution in [2.75, 3.05) is 36.8 Å². The maximum Gasteiger partial charge on any atom is 0.258 e. The van der Waals surface area contributed by atoms with Crippen LogP contribution < -0.4 is 10.5 Å². The van der Waals surface area contributed by atoms with E-state index in [-0.39, 0.29) is 11.5 Å². The molecular weight excluding hydrogens is 408 g/mol. The van der Waals surface area contributed by atoms with Crippen LogP contribution in [0.2, 0.25) is 5.02 Å². The van der Waals surface area contributed by atoms with Crippen LogP contribution in [0.15, 0.2) is 53.3 Å². The SMILES string of the molecule is O=C(CSCc1nc2ccccc2c(=O)[nH]1)N1CCN(c2cccc(Cl)c2)CC1. The number of para-hydroxylation sites is 1. The number of anilines is 1. The zero-order valence-corrected chi connectivity index (χ0v) is 17.4. The minimum absolute atomic E-state index is 0.115. The molecule has 0 saturated carbocycles. The third-order valence-corrected chi connectivity index (χ3v) is 6.10. The molecule has 0 unspecified atom stereocenters. The second kappa shape index (κ2) is 8.88. The second-order valence-electron chi connectivity index (χ2n) is 6.87. The average molecular weight is 429 g/mol. The summed E-state index contributed by atoms with van der Waals surface area (Å²) in [6.07, 6.45) is 0. The van der Waals surface area contributed by atoms with Gasteiger partial charge in [0.2, 0.25) is 5.91 Å². The van der Waals surface area contributed by atoms with Crippen molar-refractivity contribution in [3.8, 4) is 0 Å². The Labute approximate surface area is 177 Å². The van der Waals surface area contributed by atoms with Gasteiger partial charge in [-0.25, -0.2) is 4.98 Å². The lowest BCUT2D eigenvalue weighted by Crippen LogP contribution is -2.49. The van der Waals surface area contributed by atoms with E-state index < -0.39 is 0 Å². The van der Waals surface area contributed by atoms with E-state index in [1.165, 1.54) is 11.8 Å². The van der Waals surface area contributed by atoms with Crippen LogP contribution in [-0.4, -0.2) is 52.7 Å². The first-order chi connectivity index (χ1) is 14.1. The Hall–Kier alpha value is -2.51. The average Bonchev–Trinajstić information content (AvgIpc) is 2.74. The number of H-pyrrole nitrogens is 1. The molecule has 4 rings (SSSR count). The van der Waals surface area contributed by atoms with Crippen LogP contribution in [0.4, 0.5) is 5.69 Å². The topological polar surface area (TPSA) is 69.3 Å². The number of carbonyl (C=O) groups excluding carboxylic acids is 1. The summed E-state index contributed by atoms with van der Waals surface area (Å²) in [5, 5.41) is 1.30. The summed E-state index contributed by atoms with van der Waals surface area (Å²) in [4.78, 5) is 36.1. The summed E-state index contributed by atoms with van der Waals surface area (Å²) in [6.45, 7) is 2.96. The Morgan fingerprint density at radius 1 is 1.10 bits per heavy atom. The first-order valence-electron chi connectivity index (χ1n) is 9.44. The fraction of sp³-hybridized carbons (Fsp3) is 0.286. The molecule has 8 heteroatoms. The number of rotatable bonds is 5. The number of nitrogens with one attached hydrogen (secondary N) is 1. The van der Waals surface area contributed by atoms with Gasteiger partial charge >= 0.3 is 0 Å². The molecular formula is C21H21ClN4O2S. The number of nitrogens with zero attached hydrogens (tertiary/aromatic N) is 3. The highest BCUT2D eigenvalue weighted by Gasteiger charge is 2.21. The molecule has 1 aliphatic heterocycles. The molecule has 1 fully saturated rings. The predicted molar refractivity (Wildman–Crippen MR) is 119 cm³/mol. The molecule has 6 nitrogen and oxygen atoms in total. The van der Waals surface area contributed by atoms with Gasteiger partial charge in [-0.3, -0.25) is 9.59 Å². The quantitative estimate of drug-likeness (QED) is 0.676. The van der Waals surface area contributed by atoms with Crippen molar-refractivity contribution in [2.24, 2.45) is 0 Å². The number of carbonyl (C=O) groups is 1. The zero-order chi connectivity index (χ0) is 20.2. The fourth-order valence-corrected chi connectivity index (χ4v) is 4.39. The third kappa shape index (κ3) is 4.74. The van der Waals surface area contributed by atoms with E-state index in [9.17, 15) is 9.59 Å². The minimum atomic E-state index is -0.144. The van der Waals surface area contributed by atoms with Gasteiger partial charge in [-0.2, -0.15) is 0 Å². The Morgan fingerprint density at radius 3 is 2.69 bits per heavy atom. The van der Waals surface area contributed by atoms with Crippen LogP contribution in [0, 0.1) is 0 Å². The lowest BCUT2D eigenvalue weighted by Gasteiger charge is -2.36. The smallest absolute Gasteiger partial charge is 0.258 e. The zero-order valence-electron chi connectivity index (χ0n) is 15.8. The largest absolute Gasteiger partial charge is 0.368 e. The number of aromatic amines is 1. The molecule has 0 bridgehead atoms. The molecule has 3 aromatic rings. The molecule has 29 heavy (non-hydrogen) atoms. The van der Waals surface area contributed by atoms with Crippen LogP contribution in [0.5, 0.6) is 0 Å². The molecule has 0 atom stereocenters. The number of benzene rings is 2. The number of piperazine rings is 1. The summed E-state index contributed by atoms with van der Waals surface area (Å²) in [6, 6.07) is 15.0. The van der Waals surface area contributed by atoms with E-state index in [2.05, 4.69) is 14.9 Å². The summed E-state index contributed by atoms with van der Waals surface area (Å²) in [5.74, 6) is 1.57. The Bertz CT molecular complexity index is 1080. The van der Waals surface area contributed by atoms with Crippen molar-refractivity contribution in [3.63, 3.8) is 0 Å². The Balaban J connectivity index is 1.28. The molecule has 1 aromatic heterocycles. The van der Waals surface area contributed by atoms with E-state index in [4.69, 9.17) is 11.6 Å². The number of aromatic nitrogens is 2. The number of fused-ring (bicyclic) bond motifs is 1. The van der Waals surface area contributed by atoms with Crippen molar-refractivity contribution in [2.45, 2.75) is 5.75 Å². The van der Waals surface area contributed by atoms with Gasteiger partial charge in [0, 0.05) is 36.9 Å². The van der Waals surface area contributed by atoms with Gasteiger partial charge in [0.25, 0.3) is 5.56 Å². The van der Waals surface area contributed by atoms with E-state index in [1.807, 2.05) is 47.4 Å². The van der Waals surface area contributed by atoms with Gasteiger partial charge in [0.05, 0.1) is 22.4 Å². The predicted octanol–water partition coefficient (Wildman–Crippen LogP) is 3.16. The van der Waals surface area contributed by atoms with Gasteiger partial charge in [-0.05, 0) is 30.3 Å². The minimum Gasteiger partial charge on any atom is -0.368 e. The number of thioether (sulfide) groups is 1. The van der Waals surface area contributed by atoms with E-state index in [1.54, 1.807) is 6.07 Å². The third-order valence-electron chi connectivity index (χ3n) is 4.93. The van der Waals surface area contributed by atoms with Crippen LogP contribution in [-0.2, 0) is 10.5 Å². The Morgan fingerprint density at radius 2 is 1.90 bits per heavy atom. The van der Waals surface area contributed by atoms with Crippen molar-refractivity contribution >= 4 is 45.9 Å². The molecule has 1 amide bonds. The molecule has 2 aromatic carbocycles. The van der Waals surface area contributed by atoms with Gasteiger partial charge in [0.15, 0.2) is 0 Å². The van der Waals surface area contributed by atoms with Gasteiger partial charge in [-0.1, -0.05) is 29.8 Å². The lowest BCUT2D eigenvalue weighted by molar-refractivity contribution is -0.128. The molecule has 0 aliphatic carbocycles. The van der Waals surface area contributed by atoms with Gasteiger partial charge in [-0.15, -0.1) is 11.8 Å². The van der Waals surface area contributed by atoms with Crippen molar-refractivity contribution in [3.05, 3.63) is 69.7 Å². The molecule has 1 N–H and O–H groups in total. The number of amides is 1. The maximum absolute atomic E-state index is 12.5. The molecule has 0 radical (unpaired) electrons. The normalized spacial score (nSPS) is 14.4. The van der Waals surface area contributed by atoms with Crippen molar-refractivity contribution < 1.29 is 4.79 Å². The highest BCUT2D eigenvalue weighted by atomic mass is 35.5. The monoisotopic (exact) mass is 428 g/mol. The standard InChI is InChI=1S/C21H21ClN4O2S/c22-15-4-3-5-16(12-15)25-8-10-26(11-9-25)20(27)14-29-13-19-23-18-7-2-1-6-17(18)21(28)24-19/h1-7,12H,8-11,13-14H2,(H,23,24,28). The van der Waals surface area contributed by atoms with Crippen LogP contribution in [0.3, 0.4) is 0 Å². The summed E-state index contributed by atoms with van der Waals surface area (Å²) < 4.78 is 0. The van der Waals surface area contributed by atoms with E-state index in [0.717, 1.165) is 23.8 Å². The van der Waals surface area contributed by atoms with E-state index >= 15 is 0 Å². The first-order valence-corrected chi connectivity index (χ1v) is 11.0. The van der Waals surface area contributed by atoms with Crippen LogP contribution in [0.25, 0.3) is 10.9 Å². The molecule has 0 spiro atoms. The number of hydrogen-bond acceptors (Lipinski definition) is 5. The summed E-state index contributed by atoms with van der Waals surface area (Å²) in [5.41, 5.74) is 1.62. The molecule has 1 saturated heterocycles. The molecule has 2 heterocycles. The highest BCUT2D eigenvalue weighted by Crippen LogP contribution is 2.21. The van der Waals surface area contributed by atoms with Crippen LogP contribution in [0.1, 0.15) is 5.82 Å². The summed E-state index contributed by atoms with van der Waals surface area (Å²) >= 11 is 7.54.